The maximum absolute atomic E-state index is 12.9. The van der Waals surface area contributed by atoms with Crippen LogP contribution in [0.3, 0.4) is 0 Å². The summed E-state index contributed by atoms with van der Waals surface area (Å²) in [5.41, 5.74) is 0.576. The topological polar surface area (TPSA) is 86.8 Å². The van der Waals surface area contributed by atoms with Crippen LogP contribution in [0, 0.1) is 5.82 Å². The van der Waals surface area contributed by atoms with Crippen LogP contribution in [-0.2, 0) is 14.8 Å². The first-order chi connectivity index (χ1) is 12.9. The first kappa shape index (κ1) is 19.0. The molecule has 1 heterocycles. The number of sulfonamides is 1. The molecule has 2 amide bonds. The van der Waals surface area contributed by atoms with Crippen molar-refractivity contribution in [2.45, 2.75) is 4.90 Å². The highest BCUT2D eigenvalue weighted by Crippen LogP contribution is 2.19. The van der Waals surface area contributed by atoms with Crippen molar-refractivity contribution < 1.29 is 22.4 Å². The number of rotatable bonds is 5. The number of anilines is 1. The molecule has 0 aromatic heterocycles. The van der Waals surface area contributed by atoms with E-state index in [9.17, 15) is 22.4 Å². The second-order valence-electron chi connectivity index (χ2n) is 6.03. The lowest BCUT2D eigenvalue weighted by atomic mass is 10.2. The lowest BCUT2D eigenvalue weighted by Crippen LogP contribution is -2.47. The molecule has 0 spiro atoms. The monoisotopic (exact) mass is 391 g/mol. The Morgan fingerprint density at radius 3 is 2.33 bits per heavy atom. The van der Waals surface area contributed by atoms with Crippen molar-refractivity contribution in [2.24, 2.45) is 0 Å². The average Bonchev–Trinajstić information content (AvgIpc) is 2.70. The van der Waals surface area contributed by atoms with Crippen molar-refractivity contribution in [3.63, 3.8) is 0 Å². The largest absolute Gasteiger partial charge is 0.343 e. The van der Waals surface area contributed by atoms with Crippen LogP contribution in [-0.4, -0.2) is 56.1 Å². The van der Waals surface area contributed by atoms with Crippen LogP contribution in [0.5, 0.6) is 0 Å². The number of nitrogens with zero attached hydrogens (tertiary/aromatic N) is 2. The summed E-state index contributed by atoms with van der Waals surface area (Å²) >= 11 is 0. The third-order valence-corrected chi connectivity index (χ3v) is 6.15. The van der Waals surface area contributed by atoms with E-state index in [0.717, 1.165) is 0 Å². The fourth-order valence-corrected chi connectivity index (χ4v) is 4.20. The van der Waals surface area contributed by atoms with Gasteiger partial charge in [0.05, 0.1) is 4.90 Å². The average molecular weight is 391 g/mol. The lowest BCUT2D eigenvalue weighted by Gasteiger charge is -2.31. The fraction of sp³-hybridized carbons (Fsp3) is 0.222. The maximum Gasteiger partial charge on any atom is 0.255 e. The molecule has 0 aliphatic carbocycles. The zero-order chi connectivity index (χ0) is 19.4. The van der Waals surface area contributed by atoms with E-state index in [1.807, 2.05) is 0 Å². The van der Waals surface area contributed by atoms with E-state index in [0.29, 0.717) is 25.2 Å². The van der Waals surface area contributed by atoms with Gasteiger partial charge in [-0.05, 0) is 42.5 Å². The lowest BCUT2D eigenvalue weighted by molar-refractivity contribution is -0.119. The molecule has 1 aliphatic heterocycles. The third kappa shape index (κ3) is 4.32. The molecule has 0 saturated carbocycles. The highest BCUT2D eigenvalue weighted by molar-refractivity contribution is 7.89. The van der Waals surface area contributed by atoms with E-state index < -0.39 is 21.7 Å². The zero-order valence-corrected chi connectivity index (χ0v) is 15.2. The van der Waals surface area contributed by atoms with E-state index in [-0.39, 0.29) is 23.5 Å². The van der Waals surface area contributed by atoms with Crippen LogP contribution in [0.2, 0.25) is 0 Å². The Balaban J connectivity index is 1.77. The number of carbonyl (C=O) groups is 2. The Morgan fingerprint density at radius 1 is 1.04 bits per heavy atom. The molecule has 2 aromatic rings. The van der Waals surface area contributed by atoms with Gasteiger partial charge in [0.25, 0.3) is 5.91 Å². The number of nitrogens with one attached hydrogen (secondary N) is 1. The van der Waals surface area contributed by atoms with Crippen molar-refractivity contribution in [3.05, 3.63) is 59.9 Å². The molecule has 3 rings (SSSR count). The van der Waals surface area contributed by atoms with E-state index in [1.54, 1.807) is 0 Å². The standard InChI is InChI=1S/C18H18FN3O4S/c19-15-4-6-16(7-5-15)20-18(24)14-2-1-3-17(12-14)27(25,26)22-10-8-21(13-23)9-11-22/h1-7,12-13H,8-11H2,(H,20,24). The molecular weight excluding hydrogens is 373 g/mol. The van der Waals surface area contributed by atoms with E-state index in [4.69, 9.17) is 0 Å². The van der Waals surface area contributed by atoms with Gasteiger partial charge in [0, 0.05) is 37.4 Å². The Kier molecular flexibility index (Phi) is 5.52. The molecule has 2 aromatic carbocycles. The minimum Gasteiger partial charge on any atom is -0.343 e. The van der Waals surface area contributed by atoms with Crippen molar-refractivity contribution >= 4 is 28.0 Å². The minimum atomic E-state index is -3.77. The normalized spacial score (nSPS) is 15.4. The van der Waals surface area contributed by atoms with Gasteiger partial charge in [-0.25, -0.2) is 12.8 Å². The number of benzene rings is 2. The van der Waals surface area contributed by atoms with Crippen LogP contribution in [0.15, 0.2) is 53.4 Å². The fourth-order valence-electron chi connectivity index (χ4n) is 2.73. The Labute approximate surface area is 156 Å². The van der Waals surface area contributed by atoms with Crippen molar-refractivity contribution in [1.82, 2.24) is 9.21 Å². The van der Waals surface area contributed by atoms with E-state index >= 15 is 0 Å². The van der Waals surface area contributed by atoms with Gasteiger partial charge < -0.3 is 10.2 Å². The van der Waals surface area contributed by atoms with Gasteiger partial charge in [0.2, 0.25) is 16.4 Å². The van der Waals surface area contributed by atoms with Crippen molar-refractivity contribution in [1.29, 1.82) is 0 Å². The molecular formula is C18H18FN3O4S. The molecule has 1 saturated heterocycles. The predicted octanol–water partition coefficient (Wildman–Crippen LogP) is 1.54. The molecule has 0 atom stereocenters. The summed E-state index contributed by atoms with van der Waals surface area (Å²) in [6.07, 6.45) is 0.699. The molecule has 1 N–H and O–H groups in total. The molecule has 7 nitrogen and oxygen atoms in total. The maximum atomic E-state index is 12.9. The smallest absolute Gasteiger partial charge is 0.255 e. The molecule has 0 radical (unpaired) electrons. The van der Waals surface area contributed by atoms with Gasteiger partial charge in [0.15, 0.2) is 0 Å². The molecule has 0 unspecified atom stereocenters. The van der Waals surface area contributed by atoms with Crippen LogP contribution in [0.25, 0.3) is 0 Å². The van der Waals surface area contributed by atoms with Gasteiger partial charge in [0.1, 0.15) is 5.82 Å². The quantitative estimate of drug-likeness (QED) is 0.784. The number of halogens is 1. The number of hydrogen-bond acceptors (Lipinski definition) is 4. The molecule has 1 aliphatic rings. The number of hydrogen-bond donors (Lipinski definition) is 1. The van der Waals surface area contributed by atoms with Crippen LogP contribution >= 0.6 is 0 Å². The summed E-state index contributed by atoms with van der Waals surface area (Å²) in [4.78, 5) is 24.7. The first-order valence-electron chi connectivity index (χ1n) is 8.26. The van der Waals surface area contributed by atoms with Crippen molar-refractivity contribution in [2.75, 3.05) is 31.5 Å². The Hall–Kier alpha value is -2.78. The zero-order valence-electron chi connectivity index (χ0n) is 14.3. The van der Waals surface area contributed by atoms with Gasteiger partial charge >= 0.3 is 0 Å². The molecule has 27 heavy (non-hydrogen) atoms. The van der Waals surface area contributed by atoms with Crippen LogP contribution < -0.4 is 5.32 Å². The van der Waals surface area contributed by atoms with Gasteiger partial charge in [-0.3, -0.25) is 9.59 Å². The number of carbonyl (C=O) groups excluding carboxylic acids is 2. The predicted molar refractivity (Wildman–Crippen MR) is 97.2 cm³/mol. The summed E-state index contributed by atoms with van der Waals surface area (Å²) in [7, 11) is -3.77. The third-order valence-electron chi connectivity index (χ3n) is 4.26. The SMILES string of the molecule is O=CN1CCN(S(=O)(=O)c2cccc(C(=O)Nc3ccc(F)cc3)c2)CC1. The van der Waals surface area contributed by atoms with Crippen LogP contribution in [0.1, 0.15) is 10.4 Å². The summed E-state index contributed by atoms with van der Waals surface area (Å²) < 4.78 is 39.8. The minimum absolute atomic E-state index is 0.00816. The summed E-state index contributed by atoms with van der Waals surface area (Å²) in [6, 6.07) is 11.0. The number of amides is 2. The molecule has 9 heteroatoms. The van der Waals surface area contributed by atoms with Crippen molar-refractivity contribution in [3.8, 4) is 0 Å². The summed E-state index contributed by atoms with van der Waals surface area (Å²) in [6.45, 7) is 1.06. The van der Waals surface area contributed by atoms with Gasteiger partial charge in [-0.15, -0.1) is 0 Å². The Bertz CT molecular complexity index is 939. The second-order valence-corrected chi connectivity index (χ2v) is 7.97. The van der Waals surface area contributed by atoms with Gasteiger partial charge in [-0.2, -0.15) is 4.31 Å². The highest BCUT2D eigenvalue weighted by Gasteiger charge is 2.28. The van der Waals surface area contributed by atoms with E-state index in [1.165, 1.54) is 57.7 Å². The molecule has 0 bridgehead atoms. The number of piperazine rings is 1. The molecule has 1 fully saturated rings. The first-order valence-corrected chi connectivity index (χ1v) is 9.70. The Morgan fingerprint density at radius 2 is 1.70 bits per heavy atom. The van der Waals surface area contributed by atoms with Crippen LogP contribution in [0.4, 0.5) is 10.1 Å². The summed E-state index contributed by atoms with van der Waals surface area (Å²) in [5, 5.41) is 2.60. The summed E-state index contributed by atoms with van der Waals surface area (Å²) in [5.74, 6) is -0.916. The molecule has 142 valence electrons. The van der Waals surface area contributed by atoms with Gasteiger partial charge in [-0.1, -0.05) is 6.07 Å². The van der Waals surface area contributed by atoms with E-state index in [2.05, 4.69) is 5.32 Å². The second kappa shape index (κ2) is 7.85. The highest BCUT2D eigenvalue weighted by atomic mass is 32.2.